The minimum Gasteiger partial charge on any atom is -0.465 e. The van der Waals surface area contributed by atoms with Crippen LogP contribution in [0.2, 0.25) is 0 Å². The van der Waals surface area contributed by atoms with Gasteiger partial charge < -0.3 is 9.30 Å². The third-order valence-corrected chi connectivity index (χ3v) is 5.22. The molecule has 4 rings (SSSR count). The molecule has 0 atom stereocenters. The Hall–Kier alpha value is -2.13. The van der Waals surface area contributed by atoms with Crippen LogP contribution in [0.3, 0.4) is 0 Å². The smallest absolute Gasteiger partial charge is 0.126 e. The van der Waals surface area contributed by atoms with Crippen molar-refractivity contribution < 1.29 is 4.74 Å². The SMILES string of the molecule is Cn1c2c(c3ccccc31)/C(=C/Oc1ccccc1)CCS2. The third-order valence-electron chi connectivity index (χ3n) is 4.07. The minimum absolute atomic E-state index is 0.884. The van der Waals surface area contributed by atoms with Crippen LogP contribution in [0.1, 0.15) is 12.0 Å². The van der Waals surface area contributed by atoms with Gasteiger partial charge in [-0.25, -0.2) is 0 Å². The predicted octanol–water partition coefficient (Wildman–Crippen LogP) is 5.09. The normalized spacial score (nSPS) is 16.0. The molecule has 2 aromatic carbocycles. The highest BCUT2D eigenvalue weighted by atomic mass is 32.2. The Morgan fingerprint density at radius 2 is 1.82 bits per heavy atom. The van der Waals surface area contributed by atoms with E-state index in [0.717, 1.165) is 17.9 Å². The molecule has 0 bridgehead atoms. The second kappa shape index (κ2) is 5.58. The second-order valence-corrected chi connectivity index (χ2v) is 6.51. The Balaban J connectivity index is 1.80. The van der Waals surface area contributed by atoms with Crippen molar-refractivity contribution in [1.82, 2.24) is 4.57 Å². The van der Waals surface area contributed by atoms with Crippen LogP contribution in [-0.4, -0.2) is 10.3 Å². The van der Waals surface area contributed by atoms with Crippen LogP contribution in [-0.2, 0) is 7.05 Å². The number of rotatable bonds is 2. The maximum Gasteiger partial charge on any atom is 0.126 e. The van der Waals surface area contributed by atoms with Gasteiger partial charge >= 0.3 is 0 Å². The van der Waals surface area contributed by atoms with E-state index in [2.05, 4.69) is 35.9 Å². The fraction of sp³-hybridized carbons (Fsp3) is 0.158. The summed E-state index contributed by atoms with van der Waals surface area (Å²) in [6, 6.07) is 18.6. The first-order valence-corrected chi connectivity index (χ1v) is 8.44. The average molecular weight is 307 g/mol. The number of thioether (sulfide) groups is 1. The van der Waals surface area contributed by atoms with Crippen molar-refractivity contribution in [2.75, 3.05) is 5.75 Å². The largest absolute Gasteiger partial charge is 0.465 e. The van der Waals surface area contributed by atoms with Crippen LogP contribution in [0.15, 0.2) is 65.9 Å². The molecule has 0 saturated heterocycles. The average Bonchev–Trinajstić information content (AvgIpc) is 2.88. The van der Waals surface area contributed by atoms with Gasteiger partial charge in [-0.2, -0.15) is 0 Å². The zero-order valence-electron chi connectivity index (χ0n) is 12.5. The van der Waals surface area contributed by atoms with Crippen molar-refractivity contribution in [3.05, 3.63) is 66.4 Å². The van der Waals surface area contributed by atoms with Crippen LogP contribution in [0.25, 0.3) is 16.5 Å². The Kier molecular flexibility index (Phi) is 3.43. The fourth-order valence-electron chi connectivity index (χ4n) is 2.99. The summed E-state index contributed by atoms with van der Waals surface area (Å²) in [5, 5.41) is 2.66. The summed E-state index contributed by atoms with van der Waals surface area (Å²) in [5.74, 6) is 1.98. The summed E-state index contributed by atoms with van der Waals surface area (Å²) in [4.78, 5) is 0. The lowest BCUT2D eigenvalue weighted by atomic mass is 10.0. The van der Waals surface area contributed by atoms with E-state index < -0.39 is 0 Å². The van der Waals surface area contributed by atoms with Crippen molar-refractivity contribution in [2.24, 2.45) is 7.05 Å². The standard InChI is InChI=1S/C19H17NOS/c1-20-17-10-6-5-9-16(17)18-14(11-12-22-19(18)20)13-21-15-7-3-2-4-8-15/h2-10,13H,11-12H2,1H3/b14-13+. The number of allylic oxidation sites excluding steroid dienone is 1. The van der Waals surface area contributed by atoms with E-state index in [0.29, 0.717) is 0 Å². The van der Waals surface area contributed by atoms with E-state index >= 15 is 0 Å². The van der Waals surface area contributed by atoms with E-state index in [9.17, 15) is 0 Å². The molecule has 2 nitrogen and oxygen atoms in total. The van der Waals surface area contributed by atoms with Crippen LogP contribution < -0.4 is 4.74 Å². The molecular weight excluding hydrogens is 290 g/mol. The summed E-state index contributed by atoms with van der Waals surface area (Å²) >= 11 is 1.93. The minimum atomic E-state index is 0.884. The highest BCUT2D eigenvalue weighted by molar-refractivity contribution is 7.99. The molecule has 1 aliphatic rings. The molecule has 2 heterocycles. The number of hydrogen-bond acceptors (Lipinski definition) is 2. The van der Waals surface area contributed by atoms with Crippen LogP contribution in [0, 0.1) is 0 Å². The second-order valence-electron chi connectivity index (χ2n) is 5.43. The van der Waals surface area contributed by atoms with Gasteiger partial charge in [0.2, 0.25) is 0 Å². The topological polar surface area (TPSA) is 14.2 Å². The first-order chi connectivity index (χ1) is 10.8. The summed E-state index contributed by atoms with van der Waals surface area (Å²) < 4.78 is 8.18. The first kappa shape index (κ1) is 13.5. The summed E-state index contributed by atoms with van der Waals surface area (Å²) in [5.41, 5.74) is 3.91. The van der Waals surface area contributed by atoms with Crippen LogP contribution >= 0.6 is 11.8 Å². The Morgan fingerprint density at radius 1 is 1.05 bits per heavy atom. The molecule has 3 heteroatoms. The van der Waals surface area contributed by atoms with Crippen molar-refractivity contribution in [2.45, 2.75) is 11.4 Å². The van der Waals surface area contributed by atoms with Crippen LogP contribution in [0.4, 0.5) is 0 Å². The maximum atomic E-state index is 5.88. The van der Waals surface area contributed by atoms with E-state index in [1.807, 2.05) is 48.4 Å². The van der Waals surface area contributed by atoms with Crippen molar-refractivity contribution in [3.63, 3.8) is 0 Å². The number of hydrogen-bond donors (Lipinski definition) is 0. The van der Waals surface area contributed by atoms with Gasteiger partial charge in [-0.05, 0) is 30.2 Å². The molecule has 0 spiro atoms. The lowest BCUT2D eigenvalue weighted by molar-refractivity contribution is 0.482. The fourth-order valence-corrected chi connectivity index (χ4v) is 4.18. The van der Waals surface area contributed by atoms with Gasteiger partial charge in [0.05, 0.1) is 11.3 Å². The summed E-state index contributed by atoms with van der Waals surface area (Å²) in [6.45, 7) is 0. The monoisotopic (exact) mass is 307 g/mol. The molecule has 0 aliphatic carbocycles. The summed E-state index contributed by atoms with van der Waals surface area (Å²) in [6.07, 6.45) is 2.97. The lowest BCUT2D eigenvalue weighted by Gasteiger charge is -2.16. The van der Waals surface area contributed by atoms with E-state index in [4.69, 9.17) is 4.74 Å². The highest BCUT2D eigenvalue weighted by Crippen LogP contribution is 2.42. The number of ether oxygens (including phenoxy) is 1. The first-order valence-electron chi connectivity index (χ1n) is 7.46. The Bertz CT molecular complexity index is 849. The molecule has 0 saturated carbocycles. The number of fused-ring (bicyclic) bond motifs is 3. The van der Waals surface area contributed by atoms with Crippen LogP contribution in [0.5, 0.6) is 5.75 Å². The van der Waals surface area contributed by atoms with Crippen molar-refractivity contribution >= 4 is 28.2 Å². The number of para-hydroxylation sites is 2. The van der Waals surface area contributed by atoms with Gasteiger partial charge in [-0.15, -0.1) is 11.8 Å². The molecule has 1 aliphatic heterocycles. The van der Waals surface area contributed by atoms with E-state index in [-0.39, 0.29) is 0 Å². The number of benzene rings is 2. The molecule has 1 aromatic heterocycles. The number of aryl methyl sites for hydroxylation is 1. The molecule has 22 heavy (non-hydrogen) atoms. The van der Waals surface area contributed by atoms with Gasteiger partial charge in [0, 0.05) is 29.3 Å². The van der Waals surface area contributed by atoms with Crippen molar-refractivity contribution in [3.8, 4) is 5.75 Å². The van der Waals surface area contributed by atoms with Crippen molar-refractivity contribution in [1.29, 1.82) is 0 Å². The van der Waals surface area contributed by atoms with Gasteiger partial charge in [0.15, 0.2) is 0 Å². The predicted molar refractivity (Wildman–Crippen MR) is 93.3 cm³/mol. The van der Waals surface area contributed by atoms with E-state index in [1.54, 1.807) is 0 Å². The molecule has 0 N–H and O–H groups in total. The number of nitrogens with zero attached hydrogens (tertiary/aromatic N) is 1. The van der Waals surface area contributed by atoms with E-state index in [1.165, 1.54) is 27.1 Å². The molecule has 3 aromatic rings. The Labute approximate surface area is 134 Å². The summed E-state index contributed by atoms with van der Waals surface area (Å²) in [7, 11) is 2.15. The zero-order chi connectivity index (χ0) is 14.9. The zero-order valence-corrected chi connectivity index (χ0v) is 13.3. The molecular formula is C19H17NOS. The maximum absolute atomic E-state index is 5.88. The van der Waals surface area contributed by atoms with Gasteiger partial charge in [-0.3, -0.25) is 0 Å². The quantitative estimate of drug-likeness (QED) is 0.612. The molecule has 0 unspecified atom stereocenters. The lowest BCUT2D eigenvalue weighted by Crippen LogP contribution is -2.01. The number of aromatic nitrogens is 1. The molecule has 0 amide bonds. The van der Waals surface area contributed by atoms with Gasteiger partial charge in [0.25, 0.3) is 0 Å². The molecule has 0 radical (unpaired) electrons. The molecule has 0 fully saturated rings. The van der Waals surface area contributed by atoms with Gasteiger partial charge in [-0.1, -0.05) is 36.4 Å². The highest BCUT2D eigenvalue weighted by Gasteiger charge is 2.22. The molecule has 110 valence electrons. The third kappa shape index (κ3) is 2.22. The Morgan fingerprint density at radius 3 is 2.68 bits per heavy atom. The van der Waals surface area contributed by atoms with Gasteiger partial charge in [0.1, 0.15) is 5.75 Å².